The highest BCUT2D eigenvalue weighted by Gasteiger charge is 2.24. The average molecular weight is 378 g/mol. The van der Waals surface area contributed by atoms with Gasteiger partial charge in [-0.2, -0.15) is 4.39 Å². The van der Waals surface area contributed by atoms with E-state index in [-0.39, 0.29) is 23.3 Å². The largest absolute Gasteiger partial charge is 0.490 e. The van der Waals surface area contributed by atoms with Crippen molar-refractivity contribution in [2.75, 3.05) is 13.2 Å². The summed E-state index contributed by atoms with van der Waals surface area (Å²) in [6.07, 6.45) is 3.66. The van der Waals surface area contributed by atoms with Crippen molar-refractivity contribution in [1.82, 2.24) is 0 Å². The standard InChI is InChI=1S/C22H25F3O2/c1-3-11-26-20-10-9-18(21(24)22(20)25)14-6-8-17(19(23)12-14)15-5-7-16(4-2)27-13-15/h6,8-10,12,15-16H,3-5,7,11,13H2,1-2H3. The topological polar surface area (TPSA) is 18.5 Å². The molecule has 0 amide bonds. The van der Waals surface area contributed by atoms with Crippen LogP contribution in [0.3, 0.4) is 0 Å². The molecule has 0 bridgehead atoms. The van der Waals surface area contributed by atoms with E-state index in [0.717, 1.165) is 19.3 Å². The number of rotatable bonds is 6. The fourth-order valence-corrected chi connectivity index (χ4v) is 3.48. The summed E-state index contributed by atoms with van der Waals surface area (Å²) < 4.78 is 54.3. The highest BCUT2D eigenvalue weighted by molar-refractivity contribution is 5.66. The molecule has 0 aromatic heterocycles. The molecule has 1 saturated heterocycles. The lowest BCUT2D eigenvalue weighted by Gasteiger charge is -2.29. The summed E-state index contributed by atoms with van der Waals surface area (Å²) in [6, 6.07) is 7.37. The Morgan fingerprint density at radius 3 is 2.48 bits per heavy atom. The second kappa shape index (κ2) is 8.79. The predicted octanol–water partition coefficient (Wildman–Crippen LogP) is 6.23. The van der Waals surface area contributed by atoms with Crippen LogP contribution >= 0.6 is 0 Å². The van der Waals surface area contributed by atoms with Crippen LogP contribution in [0.2, 0.25) is 0 Å². The third-order valence-corrected chi connectivity index (χ3v) is 5.09. The van der Waals surface area contributed by atoms with Gasteiger partial charge in [-0.1, -0.05) is 26.0 Å². The molecule has 0 spiro atoms. The number of halogens is 3. The summed E-state index contributed by atoms with van der Waals surface area (Å²) in [6.45, 7) is 4.75. The molecular formula is C22H25F3O2. The molecule has 1 aliphatic heterocycles. The fraction of sp³-hybridized carbons (Fsp3) is 0.455. The van der Waals surface area contributed by atoms with E-state index in [1.165, 1.54) is 18.2 Å². The first-order chi connectivity index (χ1) is 13.0. The zero-order chi connectivity index (χ0) is 19.4. The minimum Gasteiger partial charge on any atom is -0.490 e. The van der Waals surface area contributed by atoms with Crippen LogP contribution in [0.4, 0.5) is 13.2 Å². The molecule has 0 saturated carbocycles. The first kappa shape index (κ1) is 19.7. The lowest BCUT2D eigenvalue weighted by atomic mass is 9.89. The fourth-order valence-electron chi connectivity index (χ4n) is 3.48. The summed E-state index contributed by atoms with van der Waals surface area (Å²) in [7, 11) is 0. The smallest absolute Gasteiger partial charge is 0.201 e. The van der Waals surface area contributed by atoms with Crippen LogP contribution in [-0.4, -0.2) is 19.3 Å². The normalized spacial score (nSPS) is 19.9. The molecule has 27 heavy (non-hydrogen) atoms. The highest BCUT2D eigenvalue weighted by Crippen LogP contribution is 2.34. The summed E-state index contributed by atoms with van der Waals surface area (Å²) in [5, 5.41) is 0. The Morgan fingerprint density at radius 2 is 1.85 bits per heavy atom. The molecule has 2 aromatic carbocycles. The monoisotopic (exact) mass is 378 g/mol. The van der Waals surface area contributed by atoms with E-state index in [1.807, 2.05) is 6.92 Å². The van der Waals surface area contributed by atoms with Crippen LogP contribution in [0.1, 0.15) is 51.0 Å². The Bertz CT molecular complexity index is 783. The first-order valence-electron chi connectivity index (χ1n) is 9.57. The predicted molar refractivity (Wildman–Crippen MR) is 99.5 cm³/mol. The molecular weight excluding hydrogens is 353 g/mol. The van der Waals surface area contributed by atoms with Gasteiger partial charge in [-0.05, 0) is 55.0 Å². The lowest BCUT2D eigenvalue weighted by molar-refractivity contribution is 0.00141. The Labute approximate surface area is 158 Å². The van der Waals surface area contributed by atoms with Crippen molar-refractivity contribution in [2.45, 2.75) is 51.6 Å². The van der Waals surface area contributed by atoms with Crippen LogP contribution in [0.25, 0.3) is 11.1 Å². The Kier molecular flexibility index (Phi) is 6.42. The van der Waals surface area contributed by atoms with Crippen LogP contribution < -0.4 is 4.74 Å². The molecule has 0 N–H and O–H groups in total. The van der Waals surface area contributed by atoms with Gasteiger partial charge in [-0.15, -0.1) is 0 Å². The molecule has 146 valence electrons. The van der Waals surface area contributed by atoms with Crippen molar-refractivity contribution in [3.05, 3.63) is 53.3 Å². The van der Waals surface area contributed by atoms with Gasteiger partial charge in [0.1, 0.15) is 5.82 Å². The van der Waals surface area contributed by atoms with Crippen molar-refractivity contribution >= 4 is 0 Å². The minimum absolute atomic E-state index is 0.00625. The van der Waals surface area contributed by atoms with Crippen molar-refractivity contribution in [1.29, 1.82) is 0 Å². The molecule has 1 aliphatic rings. The first-order valence-corrected chi connectivity index (χ1v) is 9.57. The Morgan fingerprint density at radius 1 is 1.04 bits per heavy atom. The second-order valence-corrected chi connectivity index (χ2v) is 6.96. The SMILES string of the molecule is CCCOc1ccc(-c2ccc(C3CCC(CC)OC3)c(F)c2)c(F)c1F. The summed E-state index contributed by atoms with van der Waals surface area (Å²) >= 11 is 0. The van der Waals surface area contributed by atoms with Crippen molar-refractivity contribution in [3.63, 3.8) is 0 Å². The van der Waals surface area contributed by atoms with E-state index in [4.69, 9.17) is 9.47 Å². The molecule has 2 unspecified atom stereocenters. The van der Waals surface area contributed by atoms with Crippen molar-refractivity contribution in [3.8, 4) is 16.9 Å². The number of ether oxygens (including phenoxy) is 2. The highest BCUT2D eigenvalue weighted by atomic mass is 19.2. The second-order valence-electron chi connectivity index (χ2n) is 6.96. The van der Waals surface area contributed by atoms with E-state index >= 15 is 0 Å². The zero-order valence-electron chi connectivity index (χ0n) is 15.7. The molecule has 0 aliphatic carbocycles. The van der Waals surface area contributed by atoms with Gasteiger partial charge in [-0.3, -0.25) is 0 Å². The lowest BCUT2D eigenvalue weighted by Crippen LogP contribution is -2.24. The van der Waals surface area contributed by atoms with Gasteiger partial charge in [0.05, 0.1) is 19.3 Å². The maximum atomic E-state index is 14.7. The van der Waals surface area contributed by atoms with Crippen molar-refractivity contribution < 1.29 is 22.6 Å². The molecule has 1 heterocycles. The van der Waals surface area contributed by atoms with Gasteiger partial charge < -0.3 is 9.47 Å². The molecule has 3 rings (SSSR count). The van der Waals surface area contributed by atoms with Gasteiger partial charge in [0, 0.05) is 11.5 Å². The molecule has 2 nitrogen and oxygen atoms in total. The van der Waals surface area contributed by atoms with E-state index in [9.17, 15) is 13.2 Å². The molecule has 5 heteroatoms. The van der Waals surface area contributed by atoms with E-state index < -0.39 is 17.5 Å². The van der Waals surface area contributed by atoms with Crippen LogP contribution in [-0.2, 0) is 4.74 Å². The maximum Gasteiger partial charge on any atom is 0.201 e. The van der Waals surface area contributed by atoms with Crippen LogP contribution in [0, 0.1) is 17.5 Å². The summed E-state index contributed by atoms with van der Waals surface area (Å²) in [5.41, 5.74) is 0.891. The van der Waals surface area contributed by atoms with E-state index in [1.54, 1.807) is 12.1 Å². The van der Waals surface area contributed by atoms with Gasteiger partial charge in [-0.25, -0.2) is 8.78 Å². The number of benzene rings is 2. The van der Waals surface area contributed by atoms with Crippen LogP contribution in [0.5, 0.6) is 5.75 Å². The van der Waals surface area contributed by atoms with Gasteiger partial charge >= 0.3 is 0 Å². The molecule has 1 fully saturated rings. The molecule has 2 atom stereocenters. The Hall–Kier alpha value is -2.01. The van der Waals surface area contributed by atoms with Gasteiger partial charge in [0.2, 0.25) is 5.82 Å². The average Bonchev–Trinajstić information content (AvgIpc) is 2.69. The van der Waals surface area contributed by atoms with E-state index in [0.29, 0.717) is 30.8 Å². The molecule has 2 aromatic rings. The van der Waals surface area contributed by atoms with E-state index in [2.05, 4.69) is 6.92 Å². The Balaban J connectivity index is 1.82. The maximum absolute atomic E-state index is 14.7. The minimum atomic E-state index is -1.04. The zero-order valence-corrected chi connectivity index (χ0v) is 15.7. The van der Waals surface area contributed by atoms with Crippen molar-refractivity contribution in [2.24, 2.45) is 0 Å². The number of hydrogen-bond acceptors (Lipinski definition) is 2. The third kappa shape index (κ3) is 4.29. The third-order valence-electron chi connectivity index (χ3n) is 5.09. The number of hydrogen-bond donors (Lipinski definition) is 0. The van der Waals surface area contributed by atoms with Gasteiger partial charge in [0.15, 0.2) is 11.6 Å². The van der Waals surface area contributed by atoms with Crippen LogP contribution in [0.15, 0.2) is 30.3 Å². The summed E-state index contributed by atoms with van der Waals surface area (Å²) in [4.78, 5) is 0. The quantitative estimate of drug-likeness (QED) is 0.593. The van der Waals surface area contributed by atoms with Gasteiger partial charge in [0.25, 0.3) is 0 Å². The summed E-state index contributed by atoms with van der Waals surface area (Å²) in [5.74, 6) is -2.62. The molecule has 0 radical (unpaired) electrons.